The fourth-order valence-electron chi connectivity index (χ4n) is 2.59. The third-order valence-corrected chi connectivity index (χ3v) is 4.64. The minimum absolute atomic E-state index is 0.0905. The van der Waals surface area contributed by atoms with E-state index in [2.05, 4.69) is 41.4 Å². The number of fused-ring (bicyclic) bond motifs is 1. The Hall–Kier alpha value is -1.98. The molecule has 20 heavy (non-hydrogen) atoms. The van der Waals surface area contributed by atoms with Crippen LogP contribution < -0.4 is 5.32 Å². The van der Waals surface area contributed by atoms with Crippen molar-refractivity contribution in [1.82, 2.24) is 25.3 Å². The summed E-state index contributed by atoms with van der Waals surface area (Å²) in [4.78, 5) is 16.6. The van der Waals surface area contributed by atoms with Crippen LogP contribution in [0.2, 0.25) is 0 Å². The van der Waals surface area contributed by atoms with Crippen molar-refractivity contribution in [3.05, 3.63) is 17.8 Å². The maximum absolute atomic E-state index is 12.4. The summed E-state index contributed by atoms with van der Waals surface area (Å²) < 4.78 is 1.57. The first-order valence-corrected chi connectivity index (χ1v) is 6.88. The number of nitrogens with zero attached hydrogens (tertiary/aromatic N) is 4. The Morgan fingerprint density at radius 3 is 2.95 bits per heavy atom. The molecule has 0 aromatic carbocycles. The van der Waals surface area contributed by atoms with Crippen LogP contribution in [0.15, 0.2) is 12.3 Å². The molecule has 1 aliphatic carbocycles. The standard InChI is InChI=1S/C14H19N5O/c1-8(2)14(3)7-10(14)16-13(20)9-5-6-15-12-11(9)17-18-19(12)4/h5-6,8,10H,7H2,1-4H3,(H,16,20). The zero-order valence-corrected chi connectivity index (χ0v) is 12.2. The normalized spacial score (nSPS) is 25.1. The van der Waals surface area contributed by atoms with E-state index in [0.29, 0.717) is 22.6 Å². The lowest BCUT2D eigenvalue weighted by atomic mass is 9.94. The molecule has 2 unspecified atom stereocenters. The minimum atomic E-state index is -0.0905. The Morgan fingerprint density at radius 2 is 2.30 bits per heavy atom. The summed E-state index contributed by atoms with van der Waals surface area (Å²) in [6.07, 6.45) is 2.65. The molecule has 1 aliphatic rings. The van der Waals surface area contributed by atoms with E-state index in [1.54, 1.807) is 24.0 Å². The quantitative estimate of drug-likeness (QED) is 0.920. The van der Waals surface area contributed by atoms with Gasteiger partial charge in [-0.1, -0.05) is 26.0 Å². The van der Waals surface area contributed by atoms with Crippen LogP contribution >= 0.6 is 0 Å². The van der Waals surface area contributed by atoms with Crippen molar-refractivity contribution in [2.75, 3.05) is 0 Å². The van der Waals surface area contributed by atoms with Crippen molar-refractivity contribution >= 4 is 17.1 Å². The molecule has 0 aliphatic heterocycles. The fourth-order valence-corrected chi connectivity index (χ4v) is 2.59. The number of hydrogen-bond acceptors (Lipinski definition) is 4. The molecule has 106 valence electrons. The molecule has 6 heteroatoms. The topological polar surface area (TPSA) is 72.7 Å². The summed E-state index contributed by atoms with van der Waals surface area (Å²) in [5.74, 6) is 0.467. The smallest absolute Gasteiger partial charge is 0.253 e. The van der Waals surface area contributed by atoms with Crippen molar-refractivity contribution in [2.24, 2.45) is 18.4 Å². The molecular weight excluding hydrogens is 254 g/mol. The van der Waals surface area contributed by atoms with Gasteiger partial charge >= 0.3 is 0 Å². The molecule has 2 heterocycles. The number of carbonyl (C=O) groups excluding carboxylic acids is 1. The van der Waals surface area contributed by atoms with Crippen LogP contribution in [0.4, 0.5) is 0 Å². The van der Waals surface area contributed by atoms with Crippen molar-refractivity contribution in [3.63, 3.8) is 0 Å². The molecule has 3 rings (SSSR count). The van der Waals surface area contributed by atoms with Gasteiger partial charge in [0.2, 0.25) is 0 Å². The lowest BCUT2D eigenvalue weighted by molar-refractivity contribution is 0.0944. The first-order valence-electron chi connectivity index (χ1n) is 6.88. The highest BCUT2D eigenvalue weighted by Crippen LogP contribution is 2.51. The summed E-state index contributed by atoms with van der Waals surface area (Å²) in [7, 11) is 1.76. The van der Waals surface area contributed by atoms with E-state index in [0.717, 1.165) is 6.42 Å². The molecule has 1 N–H and O–H groups in total. The second-order valence-corrected chi connectivity index (χ2v) is 6.13. The summed E-state index contributed by atoms with van der Waals surface area (Å²) in [6, 6.07) is 1.94. The van der Waals surface area contributed by atoms with Crippen molar-refractivity contribution in [1.29, 1.82) is 0 Å². The van der Waals surface area contributed by atoms with Gasteiger partial charge in [-0.3, -0.25) is 4.79 Å². The highest BCUT2D eigenvalue weighted by atomic mass is 16.1. The summed E-state index contributed by atoms with van der Waals surface area (Å²) in [5, 5.41) is 11.0. The van der Waals surface area contributed by atoms with Crippen LogP contribution in [0, 0.1) is 11.3 Å². The van der Waals surface area contributed by atoms with Crippen molar-refractivity contribution < 1.29 is 4.79 Å². The molecule has 2 aromatic heterocycles. The van der Waals surface area contributed by atoms with E-state index in [-0.39, 0.29) is 17.4 Å². The lowest BCUT2D eigenvalue weighted by Gasteiger charge is -2.16. The van der Waals surface area contributed by atoms with Gasteiger partial charge in [-0.25, -0.2) is 9.67 Å². The molecule has 6 nitrogen and oxygen atoms in total. The lowest BCUT2D eigenvalue weighted by Crippen LogP contribution is -2.30. The Morgan fingerprint density at radius 1 is 1.55 bits per heavy atom. The predicted molar refractivity (Wildman–Crippen MR) is 75.1 cm³/mol. The number of aromatic nitrogens is 4. The average Bonchev–Trinajstić information content (AvgIpc) is 2.91. The molecular formula is C14H19N5O. The van der Waals surface area contributed by atoms with Gasteiger partial charge < -0.3 is 5.32 Å². The summed E-state index contributed by atoms with van der Waals surface area (Å²) >= 11 is 0. The second-order valence-electron chi connectivity index (χ2n) is 6.13. The van der Waals surface area contributed by atoms with Gasteiger partial charge in [-0.2, -0.15) is 0 Å². The minimum Gasteiger partial charge on any atom is -0.349 e. The van der Waals surface area contributed by atoms with Crippen LogP contribution in [0.5, 0.6) is 0 Å². The Kier molecular flexibility index (Phi) is 2.77. The van der Waals surface area contributed by atoms with Crippen LogP contribution in [0.3, 0.4) is 0 Å². The maximum Gasteiger partial charge on any atom is 0.253 e. The second kappa shape index (κ2) is 4.26. The number of amides is 1. The molecule has 0 bridgehead atoms. The molecule has 1 fully saturated rings. The van der Waals surface area contributed by atoms with E-state index in [1.807, 2.05) is 0 Å². The van der Waals surface area contributed by atoms with E-state index >= 15 is 0 Å². The highest BCUT2D eigenvalue weighted by Gasteiger charge is 2.52. The number of hydrogen-bond donors (Lipinski definition) is 1. The molecule has 0 radical (unpaired) electrons. The zero-order chi connectivity index (χ0) is 14.5. The van der Waals surface area contributed by atoms with Gasteiger partial charge in [-0.15, -0.1) is 5.10 Å². The largest absolute Gasteiger partial charge is 0.349 e. The molecule has 1 saturated carbocycles. The van der Waals surface area contributed by atoms with E-state index < -0.39 is 0 Å². The molecule has 1 amide bonds. The van der Waals surface area contributed by atoms with E-state index in [9.17, 15) is 4.79 Å². The summed E-state index contributed by atoms with van der Waals surface area (Å²) in [6.45, 7) is 6.60. The number of rotatable bonds is 3. The van der Waals surface area contributed by atoms with Gasteiger partial charge in [0, 0.05) is 19.3 Å². The highest BCUT2D eigenvalue weighted by molar-refractivity contribution is 6.04. The van der Waals surface area contributed by atoms with Gasteiger partial charge in [0.25, 0.3) is 5.91 Å². The fraction of sp³-hybridized carbons (Fsp3) is 0.571. The molecule has 2 aromatic rings. The third kappa shape index (κ3) is 1.87. The number of aryl methyl sites for hydroxylation is 1. The Bertz CT molecular complexity index is 677. The average molecular weight is 273 g/mol. The summed E-state index contributed by atoms with van der Waals surface area (Å²) in [5.41, 5.74) is 1.94. The maximum atomic E-state index is 12.4. The van der Waals surface area contributed by atoms with Gasteiger partial charge in [0.15, 0.2) is 5.65 Å². The van der Waals surface area contributed by atoms with Crippen molar-refractivity contribution in [3.8, 4) is 0 Å². The van der Waals surface area contributed by atoms with Crippen LogP contribution in [-0.2, 0) is 7.05 Å². The predicted octanol–water partition coefficient (Wildman–Crippen LogP) is 1.53. The van der Waals surface area contributed by atoms with Gasteiger partial charge in [0.05, 0.1) is 5.56 Å². The van der Waals surface area contributed by atoms with Crippen LogP contribution in [-0.4, -0.2) is 31.9 Å². The zero-order valence-electron chi connectivity index (χ0n) is 12.2. The third-order valence-electron chi connectivity index (χ3n) is 4.64. The van der Waals surface area contributed by atoms with Gasteiger partial charge in [-0.05, 0) is 23.8 Å². The molecule has 0 spiro atoms. The Balaban J connectivity index is 1.84. The van der Waals surface area contributed by atoms with Crippen LogP contribution in [0.1, 0.15) is 37.6 Å². The molecule has 2 atom stereocenters. The van der Waals surface area contributed by atoms with Gasteiger partial charge in [0.1, 0.15) is 5.52 Å². The monoisotopic (exact) mass is 273 g/mol. The Labute approximate surface area is 117 Å². The number of nitrogens with one attached hydrogen (secondary N) is 1. The molecule has 0 saturated heterocycles. The first kappa shape index (κ1) is 13.0. The first-order chi connectivity index (χ1) is 9.43. The number of carbonyl (C=O) groups is 1. The SMILES string of the molecule is CC(C)C1(C)CC1NC(=O)c1ccnc2c1nnn2C. The number of pyridine rings is 1. The van der Waals surface area contributed by atoms with E-state index in [4.69, 9.17) is 0 Å². The van der Waals surface area contributed by atoms with Crippen LogP contribution in [0.25, 0.3) is 11.2 Å². The van der Waals surface area contributed by atoms with E-state index in [1.165, 1.54) is 0 Å². The van der Waals surface area contributed by atoms with Crippen molar-refractivity contribution in [2.45, 2.75) is 33.2 Å².